The number of hydrogen-bond donors (Lipinski definition) is 2. The zero-order chi connectivity index (χ0) is 20.5. The SMILES string of the molecule is CC(=O)Nc1cccc(-c2cn(C)c(=O)n3cc(CN4CCNC(=O)C4)nc23)c1. The van der Waals surface area contributed by atoms with Crippen LogP contribution in [0.2, 0.25) is 0 Å². The Morgan fingerprint density at radius 1 is 1.28 bits per heavy atom. The molecule has 0 saturated carbocycles. The van der Waals surface area contributed by atoms with Crippen molar-refractivity contribution >= 4 is 23.1 Å². The summed E-state index contributed by atoms with van der Waals surface area (Å²) >= 11 is 0. The quantitative estimate of drug-likeness (QED) is 0.675. The molecule has 9 heteroatoms. The van der Waals surface area contributed by atoms with E-state index in [0.29, 0.717) is 31.0 Å². The lowest BCUT2D eigenvalue weighted by molar-refractivity contribution is -0.124. The summed E-state index contributed by atoms with van der Waals surface area (Å²) in [6, 6.07) is 7.42. The van der Waals surface area contributed by atoms with E-state index in [1.807, 2.05) is 29.2 Å². The molecule has 1 aromatic carbocycles. The van der Waals surface area contributed by atoms with Crippen molar-refractivity contribution in [2.45, 2.75) is 13.5 Å². The van der Waals surface area contributed by atoms with E-state index in [1.54, 1.807) is 19.4 Å². The standard InChI is InChI=1S/C20H22N6O3/c1-13(27)22-15-5-3-4-14(8-15)17-11-24(2)20(29)26-10-16(23-19(17)26)9-25-7-6-21-18(28)12-25/h3-5,8,10-11H,6-7,9,12H2,1-2H3,(H,21,28)(H,22,27). The maximum Gasteiger partial charge on any atom is 0.333 e. The van der Waals surface area contributed by atoms with E-state index in [9.17, 15) is 14.4 Å². The predicted molar refractivity (Wildman–Crippen MR) is 108 cm³/mol. The molecule has 2 amide bonds. The smallest absolute Gasteiger partial charge is 0.333 e. The van der Waals surface area contributed by atoms with Gasteiger partial charge in [-0.1, -0.05) is 12.1 Å². The zero-order valence-corrected chi connectivity index (χ0v) is 16.3. The van der Waals surface area contributed by atoms with Crippen LogP contribution in [-0.2, 0) is 23.2 Å². The van der Waals surface area contributed by atoms with Gasteiger partial charge in [-0.05, 0) is 17.7 Å². The molecule has 1 aliphatic heterocycles. The lowest BCUT2D eigenvalue weighted by Crippen LogP contribution is -2.47. The van der Waals surface area contributed by atoms with Gasteiger partial charge < -0.3 is 15.2 Å². The fraction of sp³-hybridized carbons (Fsp3) is 0.300. The van der Waals surface area contributed by atoms with Crippen LogP contribution in [-0.4, -0.2) is 50.3 Å². The highest BCUT2D eigenvalue weighted by Crippen LogP contribution is 2.26. The first kappa shape index (κ1) is 18.9. The predicted octanol–water partition coefficient (Wildman–Crippen LogP) is 0.590. The number of nitrogens with one attached hydrogen (secondary N) is 2. The highest BCUT2D eigenvalue weighted by Gasteiger charge is 2.19. The van der Waals surface area contributed by atoms with Crippen molar-refractivity contribution in [3.8, 4) is 11.1 Å². The zero-order valence-electron chi connectivity index (χ0n) is 16.3. The van der Waals surface area contributed by atoms with Gasteiger partial charge >= 0.3 is 5.69 Å². The lowest BCUT2D eigenvalue weighted by atomic mass is 10.1. The van der Waals surface area contributed by atoms with Crippen molar-refractivity contribution < 1.29 is 9.59 Å². The number of anilines is 1. The van der Waals surface area contributed by atoms with Gasteiger partial charge in [0.1, 0.15) is 0 Å². The second kappa shape index (κ2) is 7.51. The van der Waals surface area contributed by atoms with Gasteiger partial charge in [0.2, 0.25) is 11.8 Å². The molecule has 0 atom stereocenters. The molecule has 0 radical (unpaired) electrons. The summed E-state index contributed by atoms with van der Waals surface area (Å²) in [5.41, 5.74) is 3.37. The van der Waals surface area contributed by atoms with Crippen LogP contribution >= 0.6 is 0 Å². The summed E-state index contributed by atoms with van der Waals surface area (Å²) in [7, 11) is 1.69. The Labute approximate surface area is 167 Å². The molecule has 2 N–H and O–H groups in total. The Kier molecular flexibility index (Phi) is 4.89. The van der Waals surface area contributed by atoms with E-state index in [0.717, 1.165) is 23.4 Å². The number of carbonyl (C=O) groups is 2. The van der Waals surface area contributed by atoms with Crippen molar-refractivity contribution in [1.82, 2.24) is 24.2 Å². The monoisotopic (exact) mass is 394 g/mol. The number of imidazole rings is 1. The highest BCUT2D eigenvalue weighted by atomic mass is 16.2. The van der Waals surface area contributed by atoms with Crippen LogP contribution < -0.4 is 16.3 Å². The van der Waals surface area contributed by atoms with E-state index in [4.69, 9.17) is 0 Å². The molecular weight excluding hydrogens is 372 g/mol. The van der Waals surface area contributed by atoms with Crippen LogP contribution in [0.25, 0.3) is 16.8 Å². The van der Waals surface area contributed by atoms with Gasteiger partial charge in [-0.15, -0.1) is 0 Å². The van der Waals surface area contributed by atoms with Crippen molar-refractivity contribution in [3.63, 3.8) is 0 Å². The number of benzene rings is 1. The first-order chi connectivity index (χ1) is 13.9. The molecule has 9 nitrogen and oxygen atoms in total. The number of piperazine rings is 1. The number of aromatic nitrogens is 3. The first-order valence-electron chi connectivity index (χ1n) is 9.35. The molecule has 0 bridgehead atoms. The minimum absolute atomic E-state index is 0.00796. The Hall–Kier alpha value is -3.46. The number of aryl methyl sites for hydroxylation is 1. The molecule has 150 valence electrons. The van der Waals surface area contributed by atoms with Crippen molar-refractivity contribution in [1.29, 1.82) is 0 Å². The van der Waals surface area contributed by atoms with Gasteiger partial charge in [-0.3, -0.25) is 18.9 Å². The van der Waals surface area contributed by atoms with Gasteiger partial charge in [0.25, 0.3) is 0 Å². The molecule has 1 fully saturated rings. The Morgan fingerprint density at radius 2 is 2.10 bits per heavy atom. The van der Waals surface area contributed by atoms with Crippen LogP contribution in [0.3, 0.4) is 0 Å². The van der Waals surface area contributed by atoms with E-state index in [-0.39, 0.29) is 17.5 Å². The Morgan fingerprint density at radius 3 is 2.86 bits per heavy atom. The summed E-state index contributed by atoms with van der Waals surface area (Å²) < 4.78 is 3.03. The van der Waals surface area contributed by atoms with Crippen molar-refractivity contribution in [2.75, 3.05) is 25.0 Å². The fourth-order valence-corrected chi connectivity index (χ4v) is 3.54. The van der Waals surface area contributed by atoms with Crippen molar-refractivity contribution in [3.05, 3.63) is 52.8 Å². The molecule has 0 aliphatic carbocycles. The van der Waals surface area contributed by atoms with Gasteiger partial charge in [0.15, 0.2) is 5.65 Å². The normalized spacial score (nSPS) is 14.8. The minimum Gasteiger partial charge on any atom is -0.354 e. The summed E-state index contributed by atoms with van der Waals surface area (Å²) in [6.07, 6.45) is 3.47. The third-order valence-corrected chi connectivity index (χ3v) is 4.82. The summed E-state index contributed by atoms with van der Waals surface area (Å²) in [5.74, 6) is -0.159. The number of nitrogens with zero attached hydrogens (tertiary/aromatic N) is 4. The Bertz CT molecular complexity index is 1160. The third kappa shape index (κ3) is 3.90. The molecule has 3 aromatic rings. The minimum atomic E-state index is -0.197. The maximum atomic E-state index is 12.6. The number of rotatable bonds is 4. The maximum absolute atomic E-state index is 12.6. The van der Waals surface area contributed by atoms with Gasteiger partial charge in [-0.25, -0.2) is 9.78 Å². The molecule has 0 unspecified atom stereocenters. The average Bonchev–Trinajstić information content (AvgIpc) is 3.08. The molecule has 29 heavy (non-hydrogen) atoms. The van der Waals surface area contributed by atoms with Crippen LogP contribution in [0, 0.1) is 0 Å². The Balaban J connectivity index is 1.76. The van der Waals surface area contributed by atoms with E-state index in [1.165, 1.54) is 15.9 Å². The molecule has 1 aliphatic rings. The summed E-state index contributed by atoms with van der Waals surface area (Å²) in [5, 5.41) is 5.57. The summed E-state index contributed by atoms with van der Waals surface area (Å²) in [4.78, 5) is 42.3. The number of fused-ring (bicyclic) bond motifs is 1. The van der Waals surface area contributed by atoms with Crippen LogP contribution in [0.5, 0.6) is 0 Å². The van der Waals surface area contributed by atoms with E-state index >= 15 is 0 Å². The summed E-state index contributed by atoms with van der Waals surface area (Å²) in [6.45, 7) is 3.61. The lowest BCUT2D eigenvalue weighted by Gasteiger charge is -2.25. The number of amides is 2. The first-order valence-corrected chi connectivity index (χ1v) is 9.35. The second-order valence-corrected chi connectivity index (χ2v) is 7.18. The molecule has 3 heterocycles. The second-order valence-electron chi connectivity index (χ2n) is 7.18. The molecule has 1 saturated heterocycles. The average molecular weight is 394 g/mol. The molecule has 4 rings (SSSR count). The molecule has 2 aromatic heterocycles. The van der Waals surface area contributed by atoms with Gasteiger partial charge in [0, 0.05) is 57.3 Å². The van der Waals surface area contributed by atoms with Crippen LogP contribution in [0.15, 0.2) is 41.5 Å². The number of carbonyl (C=O) groups excluding carboxylic acids is 2. The van der Waals surface area contributed by atoms with Gasteiger partial charge in [-0.2, -0.15) is 0 Å². The highest BCUT2D eigenvalue weighted by molar-refractivity contribution is 5.90. The number of hydrogen-bond acceptors (Lipinski definition) is 5. The molecule has 0 spiro atoms. The largest absolute Gasteiger partial charge is 0.354 e. The van der Waals surface area contributed by atoms with Crippen LogP contribution in [0.4, 0.5) is 5.69 Å². The topological polar surface area (TPSA) is 101 Å². The van der Waals surface area contributed by atoms with Crippen LogP contribution in [0.1, 0.15) is 12.6 Å². The van der Waals surface area contributed by atoms with Gasteiger partial charge in [0.05, 0.1) is 12.2 Å². The van der Waals surface area contributed by atoms with E-state index < -0.39 is 0 Å². The third-order valence-electron chi connectivity index (χ3n) is 4.82. The molecular formula is C20H22N6O3. The van der Waals surface area contributed by atoms with Crippen molar-refractivity contribution in [2.24, 2.45) is 7.05 Å². The fourth-order valence-electron chi connectivity index (χ4n) is 3.54. The van der Waals surface area contributed by atoms with E-state index in [2.05, 4.69) is 15.6 Å².